The van der Waals surface area contributed by atoms with Gasteiger partial charge in [-0.15, -0.1) is 0 Å². The molecule has 2 aliphatic carbocycles. The molecule has 0 heterocycles. The molecule has 0 aromatic carbocycles. The lowest BCUT2D eigenvalue weighted by Crippen LogP contribution is -2.40. The van der Waals surface area contributed by atoms with Gasteiger partial charge in [-0.2, -0.15) is 0 Å². The van der Waals surface area contributed by atoms with Crippen molar-refractivity contribution in [2.75, 3.05) is 6.61 Å². The molecule has 0 amide bonds. The van der Waals surface area contributed by atoms with Gasteiger partial charge in [-0.05, 0) is 101 Å². The van der Waals surface area contributed by atoms with Crippen LogP contribution < -0.4 is 0 Å². The highest BCUT2D eigenvalue weighted by molar-refractivity contribution is 4.91. The van der Waals surface area contributed by atoms with E-state index in [4.69, 9.17) is 9.47 Å². The van der Waals surface area contributed by atoms with E-state index in [1.54, 1.807) is 0 Å². The zero-order chi connectivity index (χ0) is 21.9. The summed E-state index contributed by atoms with van der Waals surface area (Å²) in [6.07, 6.45) is 11.1. The van der Waals surface area contributed by atoms with E-state index >= 15 is 0 Å². The van der Waals surface area contributed by atoms with Gasteiger partial charge in [0.05, 0.1) is 30.5 Å². The van der Waals surface area contributed by atoms with Gasteiger partial charge in [0.25, 0.3) is 0 Å². The molecule has 1 unspecified atom stereocenters. The van der Waals surface area contributed by atoms with E-state index in [1.165, 1.54) is 38.5 Å². The molecule has 0 saturated heterocycles. The van der Waals surface area contributed by atoms with E-state index in [0.29, 0.717) is 24.2 Å². The quantitative estimate of drug-likeness (QED) is 0.504. The Morgan fingerprint density at radius 2 is 1.17 bits per heavy atom. The van der Waals surface area contributed by atoms with E-state index < -0.39 is 0 Å². The maximum absolute atomic E-state index is 10.2. The standard InChI is InChI=1S/C26H50O3/c1-24(2,3)17-21(27)18-28-22-13-9-19(10-14-22)26(7,8)20-11-15-23(16-12-20)29-25(4,5)6/h19-23,27H,9-18H2,1-8H3. The fraction of sp³-hybridized carbons (Fsp3) is 1.00. The van der Waals surface area contributed by atoms with Crippen molar-refractivity contribution in [1.82, 2.24) is 0 Å². The second kappa shape index (κ2) is 10.0. The van der Waals surface area contributed by atoms with E-state index in [9.17, 15) is 5.11 Å². The summed E-state index contributed by atoms with van der Waals surface area (Å²) in [4.78, 5) is 0. The van der Waals surface area contributed by atoms with Crippen LogP contribution in [0, 0.1) is 22.7 Å². The average molecular weight is 411 g/mol. The third-order valence-electron chi connectivity index (χ3n) is 7.35. The van der Waals surface area contributed by atoms with Crippen molar-refractivity contribution in [2.24, 2.45) is 22.7 Å². The predicted molar refractivity (Wildman–Crippen MR) is 122 cm³/mol. The third-order valence-corrected chi connectivity index (χ3v) is 7.35. The number of aliphatic hydroxyl groups excluding tert-OH is 1. The van der Waals surface area contributed by atoms with Crippen LogP contribution in [-0.4, -0.2) is 35.6 Å². The van der Waals surface area contributed by atoms with Crippen molar-refractivity contribution in [3.05, 3.63) is 0 Å². The van der Waals surface area contributed by atoms with Gasteiger partial charge in [0, 0.05) is 0 Å². The van der Waals surface area contributed by atoms with Crippen LogP contribution in [0.3, 0.4) is 0 Å². The SMILES string of the molecule is CC(C)(C)CC(O)COC1CCC(C(C)(C)C2CCC(OC(C)(C)C)CC2)CC1. The van der Waals surface area contributed by atoms with Crippen molar-refractivity contribution in [3.63, 3.8) is 0 Å². The lowest BCUT2D eigenvalue weighted by Gasteiger charge is -2.47. The summed E-state index contributed by atoms with van der Waals surface area (Å²) in [6, 6.07) is 0. The zero-order valence-electron chi connectivity index (χ0n) is 20.7. The molecule has 1 atom stereocenters. The van der Waals surface area contributed by atoms with Gasteiger partial charge in [0.15, 0.2) is 0 Å². The highest BCUT2D eigenvalue weighted by Gasteiger charge is 2.41. The molecular formula is C26H50O3. The second-order valence-electron chi connectivity index (χ2n) is 12.8. The van der Waals surface area contributed by atoms with Gasteiger partial charge >= 0.3 is 0 Å². The molecule has 0 bridgehead atoms. The monoisotopic (exact) mass is 410 g/mol. The normalized spacial score (nSPS) is 30.9. The fourth-order valence-electron chi connectivity index (χ4n) is 5.74. The van der Waals surface area contributed by atoms with Crippen molar-refractivity contribution in [1.29, 1.82) is 0 Å². The summed E-state index contributed by atoms with van der Waals surface area (Å²) in [5.74, 6) is 1.62. The Bertz CT molecular complexity index is 469. The van der Waals surface area contributed by atoms with Crippen molar-refractivity contribution >= 4 is 0 Å². The molecule has 172 valence electrons. The Morgan fingerprint density at radius 1 is 0.724 bits per heavy atom. The molecule has 0 aromatic rings. The van der Waals surface area contributed by atoms with Crippen molar-refractivity contribution in [2.45, 2.75) is 137 Å². The number of ether oxygens (including phenoxy) is 2. The first-order chi connectivity index (χ1) is 13.3. The molecule has 1 N–H and O–H groups in total. The number of aliphatic hydroxyl groups is 1. The van der Waals surface area contributed by atoms with E-state index in [2.05, 4.69) is 55.4 Å². The van der Waals surface area contributed by atoms with Crippen LogP contribution in [0.4, 0.5) is 0 Å². The molecule has 29 heavy (non-hydrogen) atoms. The van der Waals surface area contributed by atoms with E-state index in [-0.39, 0.29) is 17.1 Å². The van der Waals surface area contributed by atoms with Crippen LogP contribution >= 0.6 is 0 Å². The van der Waals surface area contributed by atoms with Crippen LogP contribution in [0.15, 0.2) is 0 Å². The predicted octanol–water partition coefficient (Wildman–Crippen LogP) is 6.76. The molecule has 0 radical (unpaired) electrons. The molecule has 0 aromatic heterocycles. The van der Waals surface area contributed by atoms with Gasteiger partial charge in [-0.25, -0.2) is 0 Å². The van der Waals surface area contributed by atoms with Crippen LogP contribution in [0.1, 0.15) is 113 Å². The number of hydrogen-bond donors (Lipinski definition) is 1. The first kappa shape index (κ1) is 25.1. The summed E-state index contributed by atoms with van der Waals surface area (Å²) in [7, 11) is 0. The lowest BCUT2D eigenvalue weighted by atomic mass is 9.60. The minimum Gasteiger partial charge on any atom is -0.391 e. The zero-order valence-corrected chi connectivity index (χ0v) is 20.7. The Kier molecular flexibility index (Phi) is 8.67. The highest BCUT2D eigenvalue weighted by Crippen LogP contribution is 2.49. The minimum absolute atomic E-state index is 0.0220. The van der Waals surface area contributed by atoms with Gasteiger partial charge in [-0.1, -0.05) is 34.6 Å². The first-order valence-corrected chi connectivity index (χ1v) is 12.2. The number of hydrogen-bond acceptors (Lipinski definition) is 3. The smallest absolute Gasteiger partial charge is 0.0778 e. The molecule has 2 saturated carbocycles. The maximum atomic E-state index is 10.2. The van der Waals surface area contributed by atoms with Crippen LogP contribution in [-0.2, 0) is 9.47 Å². The molecule has 3 heteroatoms. The third kappa shape index (κ3) is 8.50. The van der Waals surface area contributed by atoms with Crippen molar-refractivity contribution in [3.8, 4) is 0 Å². The van der Waals surface area contributed by atoms with E-state index in [1.807, 2.05) is 0 Å². The van der Waals surface area contributed by atoms with Gasteiger partial charge in [0.1, 0.15) is 0 Å². The molecular weight excluding hydrogens is 360 g/mol. The van der Waals surface area contributed by atoms with Crippen LogP contribution in [0.5, 0.6) is 0 Å². The molecule has 2 aliphatic rings. The van der Waals surface area contributed by atoms with Crippen molar-refractivity contribution < 1.29 is 14.6 Å². The second-order valence-corrected chi connectivity index (χ2v) is 12.8. The summed E-state index contributed by atoms with van der Waals surface area (Å²) in [5, 5.41) is 10.2. The maximum Gasteiger partial charge on any atom is 0.0778 e. The molecule has 2 fully saturated rings. The van der Waals surface area contributed by atoms with Gasteiger partial charge in [0.2, 0.25) is 0 Å². The largest absolute Gasteiger partial charge is 0.391 e. The Balaban J connectivity index is 1.74. The van der Waals surface area contributed by atoms with Crippen LogP contribution in [0.25, 0.3) is 0 Å². The highest BCUT2D eigenvalue weighted by atomic mass is 16.5. The molecule has 0 aliphatic heterocycles. The Labute approximate surface area is 181 Å². The van der Waals surface area contributed by atoms with Gasteiger partial charge < -0.3 is 14.6 Å². The average Bonchev–Trinajstić information content (AvgIpc) is 2.58. The molecule has 0 spiro atoms. The summed E-state index contributed by atoms with van der Waals surface area (Å²) in [5.41, 5.74) is 0.538. The minimum atomic E-state index is -0.338. The fourth-order valence-corrected chi connectivity index (χ4v) is 5.74. The Morgan fingerprint density at radius 3 is 1.59 bits per heavy atom. The summed E-state index contributed by atoms with van der Waals surface area (Å²) >= 11 is 0. The number of rotatable bonds is 7. The van der Waals surface area contributed by atoms with Gasteiger partial charge in [-0.3, -0.25) is 0 Å². The summed E-state index contributed by atoms with van der Waals surface area (Å²) in [6.45, 7) is 18.6. The lowest BCUT2D eigenvalue weighted by molar-refractivity contribution is -0.0915. The topological polar surface area (TPSA) is 38.7 Å². The Hall–Kier alpha value is -0.120. The van der Waals surface area contributed by atoms with E-state index in [0.717, 1.165) is 31.1 Å². The molecule has 2 rings (SSSR count). The van der Waals surface area contributed by atoms with Crippen LogP contribution in [0.2, 0.25) is 0 Å². The first-order valence-electron chi connectivity index (χ1n) is 12.2. The molecule has 3 nitrogen and oxygen atoms in total. The summed E-state index contributed by atoms with van der Waals surface area (Å²) < 4.78 is 12.3.